The van der Waals surface area contributed by atoms with Gasteiger partial charge in [0, 0.05) is 36.9 Å². The molecule has 9 nitrogen and oxygen atoms in total. The first-order valence-corrected chi connectivity index (χ1v) is 11.5. The Morgan fingerprint density at radius 3 is 2.59 bits per heavy atom. The van der Waals surface area contributed by atoms with E-state index in [-0.39, 0.29) is 11.4 Å². The average molecular weight is 483 g/mol. The number of nitrogens with zero attached hydrogens (tertiary/aromatic N) is 2. The molecular weight excluding hydrogens is 456 g/mol. The third kappa shape index (κ3) is 6.57. The molecule has 4 rings (SSSR count). The lowest BCUT2D eigenvalue weighted by Crippen LogP contribution is -2.35. The number of ether oxygens (including phenoxy) is 1. The van der Waals surface area contributed by atoms with Crippen LogP contribution in [-0.4, -0.2) is 59.9 Å². The number of nitrogens with one attached hydrogen (secondary N) is 4. The molecule has 0 atom stereocenters. The van der Waals surface area contributed by atoms with Crippen LogP contribution in [0, 0.1) is 0 Å². The van der Waals surface area contributed by atoms with Crippen molar-refractivity contribution in [1.82, 2.24) is 20.4 Å². The monoisotopic (exact) mass is 482 g/mol. The van der Waals surface area contributed by atoms with Gasteiger partial charge in [-0.2, -0.15) is 5.10 Å². The SMILES string of the molecule is O=C(NCCc1ccccc1Cl)Nc1cn[nH]c1C(=O)Nc1ccc(CN2CCOCC2)cc1. The summed E-state index contributed by atoms with van der Waals surface area (Å²) in [5, 5.41) is 15.4. The number of hydrogen-bond donors (Lipinski definition) is 4. The molecule has 1 aliphatic heterocycles. The van der Waals surface area contributed by atoms with Crippen molar-refractivity contribution in [2.75, 3.05) is 43.5 Å². The van der Waals surface area contributed by atoms with Crippen LogP contribution in [0.4, 0.5) is 16.2 Å². The summed E-state index contributed by atoms with van der Waals surface area (Å²) in [6.07, 6.45) is 1.99. The van der Waals surface area contributed by atoms with Crippen molar-refractivity contribution in [3.05, 3.63) is 76.6 Å². The van der Waals surface area contributed by atoms with Crippen molar-refractivity contribution in [2.24, 2.45) is 0 Å². The third-order valence-corrected chi connectivity index (χ3v) is 5.84. The lowest BCUT2D eigenvalue weighted by molar-refractivity contribution is 0.0342. The smallest absolute Gasteiger partial charge is 0.319 e. The zero-order valence-electron chi connectivity index (χ0n) is 18.6. The standard InChI is InChI=1S/C24H27ClN6O3/c25-20-4-2-1-3-18(20)9-10-26-24(33)29-21-15-27-30-22(21)23(32)28-19-7-5-17(6-8-19)16-31-11-13-34-14-12-31/h1-8,15H,9-14,16H2,(H,27,30)(H,28,32)(H2,26,29,33). The molecule has 1 fully saturated rings. The number of carbonyl (C=O) groups is 2. The summed E-state index contributed by atoms with van der Waals surface area (Å²) >= 11 is 6.14. The van der Waals surface area contributed by atoms with Gasteiger partial charge in [-0.25, -0.2) is 4.79 Å². The topological polar surface area (TPSA) is 111 Å². The molecule has 178 valence electrons. The predicted octanol–water partition coefficient (Wildman–Crippen LogP) is 3.51. The summed E-state index contributed by atoms with van der Waals surface area (Å²) in [5.41, 5.74) is 3.22. The largest absolute Gasteiger partial charge is 0.379 e. The zero-order chi connectivity index (χ0) is 23.8. The first-order chi connectivity index (χ1) is 16.6. The van der Waals surface area contributed by atoms with Crippen LogP contribution in [-0.2, 0) is 17.7 Å². The summed E-state index contributed by atoms with van der Waals surface area (Å²) in [6, 6.07) is 14.7. The maximum atomic E-state index is 12.7. The minimum absolute atomic E-state index is 0.165. The number of anilines is 2. The molecule has 3 amide bonds. The zero-order valence-corrected chi connectivity index (χ0v) is 19.4. The van der Waals surface area contributed by atoms with Gasteiger partial charge in [0.05, 0.1) is 25.1 Å². The number of halogens is 1. The Hall–Kier alpha value is -3.40. The number of carbonyl (C=O) groups excluding carboxylic acids is 2. The van der Waals surface area contributed by atoms with E-state index in [2.05, 4.69) is 31.0 Å². The van der Waals surface area contributed by atoms with E-state index in [0.29, 0.717) is 23.7 Å². The number of rotatable bonds is 8. The number of benzene rings is 2. The van der Waals surface area contributed by atoms with E-state index in [0.717, 1.165) is 44.0 Å². The second-order valence-electron chi connectivity index (χ2n) is 7.92. The maximum absolute atomic E-state index is 12.7. The van der Waals surface area contributed by atoms with Crippen molar-refractivity contribution in [2.45, 2.75) is 13.0 Å². The average Bonchev–Trinajstić information content (AvgIpc) is 3.30. The van der Waals surface area contributed by atoms with E-state index >= 15 is 0 Å². The number of morpholine rings is 1. The van der Waals surface area contributed by atoms with Crippen LogP contribution in [0.15, 0.2) is 54.7 Å². The summed E-state index contributed by atoms with van der Waals surface area (Å²) in [6.45, 7) is 4.59. The Kier molecular flexibility index (Phi) is 8.13. The van der Waals surface area contributed by atoms with Gasteiger partial charge in [-0.1, -0.05) is 41.9 Å². The Bertz CT molecular complexity index is 1110. The fourth-order valence-electron chi connectivity index (χ4n) is 3.64. The van der Waals surface area contributed by atoms with E-state index in [1.807, 2.05) is 48.5 Å². The van der Waals surface area contributed by atoms with Crippen molar-refractivity contribution >= 4 is 34.9 Å². The van der Waals surface area contributed by atoms with E-state index in [9.17, 15) is 9.59 Å². The van der Waals surface area contributed by atoms with E-state index in [4.69, 9.17) is 16.3 Å². The van der Waals surface area contributed by atoms with Crippen molar-refractivity contribution in [1.29, 1.82) is 0 Å². The molecular formula is C24H27ClN6O3. The molecule has 0 saturated carbocycles. The Morgan fingerprint density at radius 1 is 1.06 bits per heavy atom. The summed E-state index contributed by atoms with van der Waals surface area (Å²) in [4.78, 5) is 27.3. The molecule has 3 aromatic rings. The fourth-order valence-corrected chi connectivity index (χ4v) is 3.87. The summed E-state index contributed by atoms with van der Waals surface area (Å²) in [5.74, 6) is -0.398. The second-order valence-corrected chi connectivity index (χ2v) is 8.33. The van der Waals surface area contributed by atoms with Gasteiger partial charge in [0.2, 0.25) is 0 Å². The molecule has 0 radical (unpaired) electrons. The molecule has 4 N–H and O–H groups in total. The first kappa shape index (κ1) is 23.7. The highest BCUT2D eigenvalue weighted by Crippen LogP contribution is 2.17. The molecule has 1 aromatic heterocycles. The Labute approximate surface area is 202 Å². The Balaban J connectivity index is 1.27. The molecule has 10 heteroatoms. The molecule has 0 aliphatic carbocycles. The minimum Gasteiger partial charge on any atom is -0.379 e. The minimum atomic E-state index is -0.435. The van der Waals surface area contributed by atoms with Crippen LogP contribution >= 0.6 is 11.6 Å². The van der Waals surface area contributed by atoms with Crippen molar-refractivity contribution in [3.63, 3.8) is 0 Å². The van der Waals surface area contributed by atoms with Gasteiger partial charge in [-0.3, -0.25) is 14.8 Å². The lowest BCUT2D eigenvalue weighted by Gasteiger charge is -2.26. The maximum Gasteiger partial charge on any atom is 0.319 e. The summed E-state index contributed by atoms with van der Waals surface area (Å²) in [7, 11) is 0. The molecule has 0 bridgehead atoms. The number of aromatic nitrogens is 2. The van der Waals surface area contributed by atoms with Crippen molar-refractivity contribution in [3.8, 4) is 0 Å². The molecule has 2 aromatic carbocycles. The van der Waals surface area contributed by atoms with Gasteiger partial charge in [0.1, 0.15) is 5.69 Å². The van der Waals surface area contributed by atoms with Crippen LogP contribution in [0.2, 0.25) is 5.02 Å². The fraction of sp³-hybridized carbons (Fsp3) is 0.292. The van der Waals surface area contributed by atoms with Crippen LogP contribution < -0.4 is 16.0 Å². The van der Waals surface area contributed by atoms with E-state index in [1.165, 1.54) is 6.20 Å². The molecule has 2 heterocycles. The van der Waals surface area contributed by atoms with Crippen LogP contribution in [0.3, 0.4) is 0 Å². The van der Waals surface area contributed by atoms with E-state index in [1.54, 1.807) is 0 Å². The predicted molar refractivity (Wildman–Crippen MR) is 131 cm³/mol. The highest BCUT2D eigenvalue weighted by atomic mass is 35.5. The normalized spacial score (nSPS) is 13.9. The van der Waals surface area contributed by atoms with Crippen LogP contribution in [0.5, 0.6) is 0 Å². The molecule has 1 aliphatic rings. The highest BCUT2D eigenvalue weighted by Gasteiger charge is 2.16. The highest BCUT2D eigenvalue weighted by molar-refractivity contribution is 6.31. The van der Waals surface area contributed by atoms with Gasteiger partial charge in [-0.15, -0.1) is 0 Å². The summed E-state index contributed by atoms with van der Waals surface area (Å²) < 4.78 is 5.38. The van der Waals surface area contributed by atoms with Gasteiger partial charge in [0.25, 0.3) is 5.91 Å². The Morgan fingerprint density at radius 2 is 1.82 bits per heavy atom. The lowest BCUT2D eigenvalue weighted by atomic mass is 10.1. The second kappa shape index (κ2) is 11.6. The molecule has 1 saturated heterocycles. The molecule has 0 spiro atoms. The molecule has 0 unspecified atom stereocenters. The van der Waals surface area contributed by atoms with Crippen molar-refractivity contribution < 1.29 is 14.3 Å². The number of urea groups is 1. The number of hydrogen-bond acceptors (Lipinski definition) is 5. The third-order valence-electron chi connectivity index (χ3n) is 5.47. The van der Waals surface area contributed by atoms with Gasteiger partial charge < -0.3 is 20.7 Å². The first-order valence-electron chi connectivity index (χ1n) is 11.1. The number of H-pyrrole nitrogens is 1. The van der Waals surface area contributed by atoms with Crippen LogP contribution in [0.1, 0.15) is 21.6 Å². The number of amides is 3. The quantitative estimate of drug-likeness (QED) is 0.392. The van der Waals surface area contributed by atoms with Gasteiger partial charge in [-0.05, 0) is 35.7 Å². The van der Waals surface area contributed by atoms with Gasteiger partial charge in [0.15, 0.2) is 0 Å². The van der Waals surface area contributed by atoms with E-state index < -0.39 is 11.9 Å². The van der Waals surface area contributed by atoms with Gasteiger partial charge >= 0.3 is 6.03 Å². The number of aromatic amines is 1. The van der Waals surface area contributed by atoms with Crippen LogP contribution in [0.25, 0.3) is 0 Å². The molecule has 34 heavy (non-hydrogen) atoms.